The Kier molecular flexibility index (Phi) is 2.54. The summed E-state index contributed by atoms with van der Waals surface area (Å²) in [6.45, 7) is 2.14. The average Bonchev–Trinajstić information content (AvgIpc) is 2.61. The van der Waals surface area contributed by atoms with Crippen molar-refractivity contribution in [3.63, 3.8) is 0 Å². The molecular weight excluding hydrogens is 190 g/mol. The summed E-state index contributed by atoms with van der Waals surface area (Å²) in [6, 6.07) is 3.58. The molecule has 0 aliphatic carbocycles. The Morgan fingerprint density at radius 2 is 2.20 bits per heavy atom. The monoisotopic (exact) mass is 205 g/mol. The van der Waals surface area contributed by atoms with E-state index in [-0.39, 0.29) is 5.75 Å². The second kappa shape index (κ2) is 3.85. The molecule has 2 aromatic rings. The van der Waals surface area contributed by atoms with Crippen LogP contribution in [0.25, 0.3) is 10.9 Å². The minimum atomic E-state index is 0.196. The quantitative estimate of drug-likeness (QED) is 0.809. The summed E-state index contributed by atoms with van der Waals surface area (Å²) in [6.07, 6.45) is 4.11. The number of aryl methyl sites for hydroxylation is 1. The van der Waals surface area contributed by atoms with Crippen molar-refractivity contribution < 1.29 is 9.84 Å². The van der Waals surface area contributed by atoms with Gasteiger partial charge in [-0.1, -0.05) is 13.3 Å². The molecule has 0 saturated heterocycles. The zero-order chi connectivity index (χ0) is 10.8. The van der Waals surface area contributed by atoms with Crippen molar-refractivity contribution in [1.82, 2.24) is 4.98 Å². The van der Waals surface area contributed by atoms with Gasteiger partial charge in [-0.25, -0.2) is 0 Å². The van der Waals surface area contributed by atoms with Crippen molar-refractivity contribution >= 4 is 10.9 Å². The molecule has 0 radical (unpaired) electrons. The second-order valence-corrected chi connectivity index (χ2v) is 3.63. The molecule has 1 aromatic heterocycles. The molecule has 0 bridgehead atoms. The minimum absolute atomic E-state index is 0.196. The number of phenols is 1. The first-order chi connectivity index (χ1) is 7.26. The van der Waals surface area contributed by atoms with E-state index in [2.05, 4.69) is 11.9 Å². The zero-order valence-electron chi connectivity index (χ0n) is 9.00. The van der Waals surface area contributed by atoms with Gasteiger partial charge in [0.25, 0.3) is 0 Å². The van der Waals surface area contributed by atoms with Crippen LogP contribution in [0.5, 0.6) is 11.5 Å². The van der Waals surface area contributed by atoms with Gasteiger partial charge in [0.05, 0.1) is 7.11 Å². The van der Waals surface area contributed by atoms with Crippen molar-refractivity contribution in [2.24, 2.45) is 0 Å². The van der Waals surface area contributed by atoms with Crippen molar-refractivity contribution in [1.29, 1.82) is 0 Å². The summed E-state index contributed by atoms with van der Waals surface area (Å²) in [4.78, 5) is 3.18. The van der Waals surface area contributed by atoms with Crippen molar-refractivity contribution in [3.8, 4) is 11.5 Å². The third-order valence-electron chi connectivity index (χ3n) is 2.59. The lowest BCUT2D eigenvalue weighted by Crippen LogP contribution is -1.84. The largest absolute Gasteiger partial charge is 0.504 e. The Bertz CT molecular complexity index is 474. The summed E-state index contributed by atoms with van der Waals surface area (Å²) in [7, 11) is 1.55. The number of rotatable bonds is 3. The predicted molar refractivity (Wildman–Crippen MR) is 60.5 cm³/mol. The van der Waals surface area contributed by atoms with Crippen molar-refractivity contribution in [2.45, 2.75) is 19.8 Å². The third kappa shape index (κ3) is 1.65. The Morgan fingerprint density at radius 1 is 1.40 bits per heavy atom. The van der Waals surface area contributed by atoms with Crippen LogP contribution in [0.3, 0.4) is 0 Å². The van der Waals surface area contributed by atoms with Gasteiger partial charge < -0.3 is 14.8 Å². The van der Waals surface area contributed by atoms with Crippen LogP contribution in [0.15, 0.2) is 18.3 Å². The van der Waals surface area contributed by atoms with Gasteiger partial charge in [0.1, 0.15) is 0 Å². The van der Waals surface area contributed by atoms with E-state index in [1.165, 1.54) is 5.56 Å². The fourth-order valence-corrected chi connectivity index (χ4v) is 1.84. The normalized spacial score (nSPS) is 10.8. The third-order valence-corrected chi connectivity index (χ3v) is 2.59. The van der Waals surface area contributed by atoms with E-state index in [4.69, 9.17) is 4.74 Å². The summed E-state index contributed by atoms with van der Waals surface area (Å²) in [5, 5.41) is 10.8. The molecule has 0 aliphatic rings. The molecule has 80 valence electrons. The molecule has 0 spiro atoms. The topological polar surface area (TPSA) is 45.2 Å². The van der Waals surface area contributed by atoms with Gasteiger partial charge in [-0.2, -0.15) is 0 Å². The van der Waals surface area contributed by atoms with Gasteiger partial charge >= 0.3 is 0 Å². The van der Waals surface area contributed by atoms with E-state index in [0.29, 0.717) is 5.75 Å². The van der Waals surface area contributed by atoms with E-state index in [0.717, 1.165) is 23.7 Å². The van der Waals surface area contributed by atoms with Gasteiger partial charge in [0.15, 0.2) is 11.5 Å². The number of aromatic nitrogens is 1. The standard InChI is InChI=1S/C12H15NO2/c1-3-4-8-7-13-10-6-12(15-2)11(14)5-9(8)10/h5-7,13-14H,3-4H2,1-2H3. The molecule has 2 N–H and O–H groups in total. The lowest BCUT2D eigenvalue weighted by Gasteiger charge is -2.03. The summed E-state index contributed by atoms with van der Waals surface area (Å²) in [5.41, 5.74) is 2.25. The fourth-order valence-electron chi connectivity index (χ4n) is 1.84. The molecule has 0 fully saturated rings. The summed E-state index contributed by atoms with van der Waals surface area (Å²) >= 11 is 0. The highest BCUT2D eigenvalue weighted by atomic mass is 16.5. The number of nitrogens with one attached hydrogen (secondary N) is 1. The maximum atomic E-state index is 9.68. The van der Waals surface area contributed by atoms with Crippen LogP contribution in [0.1, 0.15) is 18.9 Å². The van der Waals surface area contributed by atoms with E-state index < -0.39 is 0 Å². The number of H-pyrrole nitrogens is 1. The van der Waals surface area contributed by atoms with Crippen LogP contribution < -0.4 is 4.74 Å². The van der Waals surface area contributed by atoms with Gasteiger partial charge in [0, 0.05) is 23.2 Å². The number of hydrogen-bond acceptors (Lipinski definition) is 2. The van der Waals surface area contributed by atoms with Crippen molar-refractivity contribution in [3.05, 3.63) is 23.9 Å². The van der Waals surface area contributed by atoms with Crippen LogP contribution in [-0.2, 0) is 6.42 Å². The van der Waals surface area contributed by atoms with Crippen LogP contribution in [-0.4, -0.2) is 17.2 Å². The fraction of sp³-hybridized carbons (Fsp3) is 0.333. The van der Waals surface area contributed by atoms with Crippen LogP contribution in [0.4, 0.5) is 0 Å². The molecule has 3 heteroatoms. The molecule has 1 heterocycles. The molecule has 1 aromatic carbocycles. The Labute approximate surface area is 88.7 Å². The number of fused-ring (bicyclic) bond motifs is 1. The average molecular weight is 205 g/mol. The highest BCUT2D eigenvalue weighted by molar-refractivity contribution is 5.86. The van der Waals surface area contributed by atoms with Crippen LogP contribution >= 0.6 is 0 Å². The Balaban J connectivity index is 2.57. The number of methoxy groups -OCH3 is 1. The first-order valence-electron chi connectivity index (χ1n) is 5.13. The highest BCUT2D eigenvalue weighted by Crippen LogP contribution is 2.32. The number of hydrogen-bond donors (Lipinski definition) is 2. The summed E-state index contributed by atoms with van der Waals surface area (Å²) in [5.74, 6) is 0.703. The lowest BCUT2D eigenvalue weighted by molar-refractivity contribution is 0.374. The number of aromatic amines is 1. The molecule has 0 aliphatic heterocycles. The SMILES string of the molecule is CCCc1c[nH]c2cc(OC)c(O)cc12. The van der Waals surface area contributed by atoms with E-state index in [1.54, 1.807) is 13.2 Å². The molecule has 0 unspecified atom stereocenters. The first-order valence-corrected chi connectivity index (χ1v) is 5.13. The van der Waals surface area contributed by atoms with E-state index in [1.807, 2.05) is 12.3 Å². The molecule has 0 atom stereocenters. The molecular formula is C12H15NO2. The predicted octanol–water partition coefficient (Wildman–Crippen LogP) is 2.83. The Morgan fingerprint density at radius 3 is 2.87 bits per heavy atom. The van der Waals surface area contributed by atoms with E-state index in [9.17, 15) is 5.11 Å². The van der Waals surface area contributed by atoms with Gasteiger partial charge in [-0.15, -0.1) is 0 Å². The highest BCUT2D eigenvalue weighted by Gasteiger charge is 2.08. The smallest absolute Gasteiger partial charge is 0.162 e. The first kappa shape index (κ1) is 9.90. The van der Waals surface area contributed by atoms with Gasteiger partial charge in [-0.05, 0) is 18.1 Å². The zero-order valence-corrected chi connectivity index (χ0v) is 9.00. The Hall–Kier alpha value is -1.64. The number of aromatic hydroxyl groups is 1. The number of benzene rings is 1. The molecule has 15 heavy (non-hydrogen) atoms. The maximum Gasteiger partial charge on any atom is 0.162 e. The van der Waals surface area contributed by atoms with Crippen LogP contribution in [0.2, 0.25) is 0 Å². The van der Waals surface area contributed by atoms with Crippen molar-refractivity contribution in [2.75, 3.05) is 7.11 Å². The minimum Gasteiger partial charge on any atom is -0.504 e. The number of phenolic OH excluding ortho intramolecular Hbond substituents is 1. The van der Waals surface area contributed by atoms with E-state index >= 15 is 0 Å². The second-order valence-electron chi connectivity index (χ2n) is 3.63. The van der Waals surface area contributed by atoms with Gasteiger partial charge in [0.2, 0.25) is 0 Å². The molecule has 2 rings (SSSR count). The molecule has 0 amide bonds. The maximum absolute atomic E-state index is 9.68. The number of ether oxygens (including phenoxy) is 1. The molecule has 0 saturated carbocycles. The lowest BCUT2D eigenvalue weighted by atomic mass is 10.1. The molecule has 3 nitrogen and oxygen atoms in total. The van der Waals surface area contributed by atoms with Crippen LogP contribution in [0, 0.1) is 0 Å². The summed E-state index contributed by atoms with van der Waals surface area (Å²) < 4.78 is 5.05. The van der Waals surface area contributed by atoms with Gasteiger partial charge in [-0.3, -0.25) is 0 Å².